The summed E-state index contributed by atoms with van der Waals surface area (Å²) >= 11 is 0. The first-order chi connectivity index (χ1) is 7.25. The SMILES string of the molecule is CC(=O)/C=C(\C)C12OC1(C)CCCC2(C)C. The Kier molecular flexibility index (Phi) is 2.36. The van der Waals surface area contributed by atoms with Crippen LogP contribution in [0, 0.1) is 5.41 Å². The third kappa shape index (κ3) is 1.32. The number of carbonyl (C=O) groups is 1. The van der Waals surface area contributed by atoms with E-state index in [0.717, 1.165) is 12.0 Å². The van der Waals surface area contributed by atoms with Crippen molar-refractivity contribution in [3.8, 4) is 0 Å². The molecule has 90 valence electrons. The van der Waals surface area contributed by atoms with Gasteiger partial charge in [0, 0.05) is 5.41 Å². The van der Waals surface area contributed by atoms with Crippen LogP contribution in [0.15, 0.2) is 11.6 Å². The first kappa shape index (κ1) is 11.8. The number of carbonyl (C=O) groups excluding carboxylic acids is 1. The van der Waals surface area contributed by atoms with Crippen LogP contribution in [-0.4, -0.2) is 17.0 Å². The van der Waals surface area contributed by atoms with E-state index in [9.17, 15) is 4.79 Å². The van der Waals surface area contributed by atoms with Crippen LogP contribution in [-0.2, 0) is 9.53 Å². The Morgan fingerprint density at radius 3 is 2.31 bits per heavy atom. The zero-order valence-corrected chi connectivity index (χ0v) is 11.0. The molecule has 2 unspecified atom stereocenters. The predicted molar refractivity (Wildman–Crippen MR) is 64.3 cm³/mol. The Morgan fingerprint density at radius 1 is 1.19 bits per heavy atom. The van der Waals surface area contributed by atoms with Crippen molar-refractivity contribution in [2.75, 3.05) is 0 Å². The minimum atomic E-state index is -0.191. The molecule has 1 heterocycles. The standard InChI is InChI=1S/C14H22O2/c1-10(9-11(2)15)14-12(3,4)7-6-8-13(14,5)16-14/h9H,6-8H2,1-5H3/b10-9+. The van der Waals surface area contributed by atoms with Crippen molar-refractivity contribution in [1.82, 2.24) is 0 Å². The van der Waals surface area contributed by atoms with Gasteiger partial charge in [-0.2, -0.15) is 0 Å². The molecule has 2 fully saturated rings. The van der Waals surface area contributed by atoms with Gasteiger partial charge in [-0.1, -0.05) is 13.8 Å². The molecule has 2 nitrogen and oxygen atoms in total. The van der Waals surface area contributed by atoms with E-state index in [1.165, 1.54) is 12.8 Å². The minimum absolute atomic E-state index is 0.0369. The van der Waals surface area contributed by atoms with Crippen molar-refractivity contribution in [1.29, 1.82) is 0 Å². The van der Waals surface area contributed by atoms with Gasteiger partial charge in [-0.05, 0) is 51.7 Å². The van der Waals surface area contributed by atoms with Crippen LogP contribution < -0.4 is 0 Å². The molecule has 0 spiro atoms. The monoisotopic (exact) mass is 222 g/mol. The van der Waals surface area contributed by atoms with Crippen LogP contribution in [0.5, 0.6) is 0 Å². The molecule has 1 aliphatic heterocycles. The van der Waals surface area contributed by atoms with Crippen molar-refractivity contribution < 1.29 is 9.53 Å². The lowest BCUT2D eigenvalue weighted by atomic mass is 9.61. The van der Waals surface area contributed by atoms with Gasteiger partial charge in [0.1, 0.15) is 11.2 Å². The predicted octanol–water partition coefficient (Wildman–Crippen LogP) is 3.26. The molecule has 0 radical (unpaired) electrons. The van der Waals surface area contributed by atoms with Crippen molar-refractivity contribution >= 4 is 5.78 Å². The minimum Gasteiger partial charge on any atom is -0.357 e. The summed E-state index contributed by atoms with van der Waals surface area (Å²) in [6.07, 6.45) is 5.25. The van der Waals surface area contributed by atoms with E-state index in [1.807, 2.05) is 6.92 Å². The lowest BCUT2D eigenvalue weighted by Crippen LogP contribution is -2.43. The van der Waals surface area contributed by atoms with Crippen LogP contribution >= 0.6 is 0 Å². The number of fused-ring (bicyclic) bond motifs is 1. The first-order valence-corrected chi connectivity index (χ1v) is 6.15. The quantitative estimate of drug-likeness (QED) is 0.530. The summed E-state index contributed by atoms with van der Waals surface area (Å²) in [6, 6.07) is 0. The van der Waals surface area contributed by atoms with Gasteiger partial charge in [0.05, 0.1) is 0 Å². The molecule has 2 heteroatoms. The molecule has 1 saturated heterocycles. The maximum absolute atomic E-state index is 11.2. The van der Waals surface area contributed by atoms with Crippen LogP contribution in [0.2, 0.25) is 0 Å². The van der Waals surface area contributed by atoms with E-state index < -0.39 is 0 Å². The van der Waals surface area contributed by atoms with E-state index in [-0.39, 0.29) is 22.4 Å². The van der Waals surface area contributed by atoms with Crippen LogP contribution in [0.4, 0.5) is 0 Å². The highest BCUT2D eigenvalue weighted by Gasteiger charge is 2.75. The van der Waals surface area contributed by atoms with Crippen molar-refractivity contribution in [2.24, 2.45) is 5.41 Å². The molecular formula is C14H22O2. The summed E-state index contributed by atoms with van der Waals surface area (Å²) in [6.45, 7) is 10.4. The Bertz CT molecular complexity index is 367. The molecule has 0 aromatic heterocycles. The molecule has 0 N–H and O–H groups in total. The first-order valence-electron chi connectivity index (χ1n) is 6.15. The molecule has 2 atom stereocenters. The molecule has 1 saturated carbocycles. The van der Waals surface area contributed by atoms with Crippen LogP contribution in [0.25, 0.3) is 0 Å². The average molecular weight is 222 g/mol. The van der Waals surface area contributed by atoms with E-state index in [1.54, 1.807) is 13.0 Å². The van der Waals surface area contributed by atoms with E-state index in [2.05, 4.69) is 20.8 Å². The summed E-state index contributed by atoms with van der Waals surface area (Å²) < 4.78 is 6.11. The molecule has 2 rings (SSSR count). The zero-order valence-electron chi connectivity index (χ0n) is 11.0. The molecule has 0 aromatic rings. The second kappa shape index (κ2) is 3.19. The van der Waals surface area contributed by atoms with E-state index in [0.29, 0.717) is 0 Å². The average Bonchev–Trinajstić information content (AvgIpc) is 2.73. The van der Waals surface area contributed by atoms with Gasteiger partial charge >= 0.3 is 0 Å². The van der Waals surface area contributed by atoms with Gasteiger partial charge in [-0.3, -0.25) is 4.79 Å². The largest absolute Gasteiger partial charge is 0.357 e. The molecule has 1 aliphatic carbocycles. The number of allylic oxidation sites excluding steroid dienone is 1. The number of hydrogen-bond acceptors (Lipinski definition) is 2. The second-order valence-electron chi connectivity index (χ2n) is 6.19. The third-order valence-corrected chi connectivity index (χ3v) is 4.47. The molecule has 0 bridgehead atoms. The zero-order chi connectivity index (χ0) is 12.2. The smallest absolute Gasteiger partial charge is 0.152 e. The maximum Gasteiger partial charge on any atom is 0.152 e. The van der Waals surface area contributed by atoms with E-state index in [4.69, 9.17) is 4.74 Å². The summed E-state index contributed by atoms with van der Waals surface area (Å²) in [5, 5.41) is 0. The second-order valence-corrected chi connectivity index (χ2v) is 6.19. The Labute approximate surface area is 98.1 Å². The van der Waals surface area contributed by atoms with Gasteiger partial charge in [0.2, 0.25) is 0 Å². The van der Waals surface area contributed by atoms with Gasteiger partial charge < -0.3 is 4.74 Å². The Hall–Kier alpha value is -0.630. The highest BCUT2D eigenvalue weighted by Crippen LogP contribution is 2.68. The number of hydrogen-bond donors (Lipinski definition) is 0. The van der Waals surface area contributed by atoms with Crippen LogP contribution in [0.3, 0.4) is 0 Å². The number of rotatable bonds is 2. The lowest BCUT2D eigenvalue weighted by molar-refractivity contribution is -0.112. The van der Waals surface area contributed by atoms with Gasteiger partial charge in [-0.25, -0.2) is 0 Å². The summed E-state index contributed by atoms with van der Waals surface area (Å²) in [5.74, 6) is 0.117. The normalized spacial score (nSPS) is 41.4. The highest BCUT2D eigenvalue weighted by atomic mass is 16.6. The van der Waals surface area contributed by atoms with Gasteiger partial charge in [-0.15, -0.1) is 0 Å². The number of epoxide rings is 1. The number of ketones is 1. The van der Waals surface area contributed by atoms with Crippen molar-refractivity contribution in [3.63, 3.8) is 0 Å². The molecule has 0 amide bonds. The molecule has 16 heavy (non-hydrogen) atoms. The fourth-order valence-corrected chi connectivity index (χ4v) is 3.87. The molecule has 2 aliphatic rings. The Morgan fingerprint density at radius 2 is 1.81 bits per heavy atom. The van der Waals surface area contributed by atoms with Crippen LogP contribution in [0.1, 0.15) is 53.9 Å². The highest BCUT2D eigenvalue weighted by molar-refractivity contribution is 5.88. The topological polar surface area (TPSA) is 29.6 Å². The summed E-state index contributed by atoms with van der Waals surface area (Å²) in [7, 11) is 0. The van der Waals surface area contributed by atoms with Gasteiger partial charge in [0.15, 0.2) is 5.78 Å². The van der Waals surface area contributed by atoms with Crippen molar-refractivity contribution in [2.45, 2.75) is 65.1 Å². The number of ether oxygens (including phenoxy) is 1. The Balaban J connectivity index is 2.41. The third-order valence-electron chi connectivity index (χ3n) is 4.47. The van der Waals surface area contributed by atoms with Crippen molar-refractivity contribution in [3.05, 3.63) is 11.6 Å². The molecule has 0 aromatic carbocycles. The van der Waals surface area contributed by atoms with Gasteiger partial charge in [0.25, 0.3) is 0 Å². The lowest BCUT2D eigenvalue weighted by Gasteiger charge is -2.39. The van der Waals surface area contributed by atoms with E-state index >= 15 is 0 Å². The summed E-state index contributed by atoms with van der Waals surface area (Å²) in [5.41, 5.74) is 1.01. The fourth-order valence-electron chi connectivity index (χ4n) is 3.87. The molecular weight excluding hydrogens is 200 g/mol. The maximum atomic E-state index is 11.2. The summed E-state index contributed by atoms with van der Waals surface area (Å²) in [4.78, 5) is 11.2. The fraction of sp³-hybridized carbons (Fsp3) is 0.786.